The summed E-state index contributed by atoms with van der Waals surface area (Å²) in [6, 6.07) is 0. The molecular weight excluding hydrogens is 252 g/mol. The monoisotopic (exact) mass is 276 g/mol. The lowest BCUT2D eigenvalue weighted by Gasteiger charge is -2.17. The van der Waals surface area contributed by atoms with E-state index >= 15 is 0 Å². The van der Waals surface area contributed by atoms with E-state index in [1.807, 2.05) is 13.8 Å². The molecule has 0 saturated heterocycles. The number of esters is 1. The van der Waals surface area contributed by atoms with Crippen molar-refractivity contribution in [3.63, 3.8) is 0 Å². The van der Waals surface area contributed by atoms with Crippen molar-refractivity contribution in [2.75, 3.05) is 6.61 Å². The van der Waals surface area contributed by atoms with Crippen LogP contribution in [0.1, 0.15) is 57.9 Å². The Morgan fingerprint density at radius 3 is 2.20 bits per heavy atom. The molecule has 0 spiro atoms. The minimum Gasteiger partial charge on any atom is -0.466 e. The molecule has 0 heterocycles. The molecule has 1 rings (SSSR count). The first kappa shape index (κ1) is 16.4. The van der Waals surface area contributed by atoms with Gasteiger partial charge < -0.3 is 4.74 Å². The van der Waals surface area contributed by atoms with Crippen LogP contribution in [-0.2, 0) is 16.0 Å². The highest BCUT2D eigenvalue weighted by atomic mass is 16.5. The van der Waals surface area contributed by atoms with Crippen LogP contribution in [0.15, 0.2) is 0 Å². The molecule has 0 saturated carbocycles. The standard InChI is InChI=1S/C17H24O3/c1-6-20-17(19)9-7-8-15-13(4)11(2)12(3)14(5)16(15)10-18/h10H,6-9H2,1-5H3. The summed E-state index contributed by atoms with van der Waals surface area (Å²) in [5, 5.41) is 0. The highest BCUT2D eigenvalue weighted by Gasteiger charge is 2.14. The maximum atomic E-state index is 11.4. The molecule has 1 aromatic rings. The highest BCUT2D eigenvalue weighted by molar-refractivity contribution is 5.82. The Morgan fingerprint density at radius 1 is 1.05 bits per heavy atom. The zero-order chi connectivity index (χ0) is 15.3. The van der Waals surface area contributed by atoms with Gasteiger partial charge in [0.25, 0.3) is 0 Å². The summed E-state index contributed by atoms with van der Waals surface area (Å²) in [7, 11) is 0. The predicted octanol–water partition coefficient (Wildman–Crippen LogP) is 3.62. The number of hydrogen-bond acceptors (Lipinski definition) is 3. The first-order valence-electron chi connectivity index (χ1n) is 7.14. The number of carbonyl (C=O) groups is 2. The molecule has 3 heteroatoms. The summed E-state index contributed by atoms with van der Waals surface area (Å²) in [6.45, 7) is 10.4. The quantitative estimate of drug-likeness (QED) is 0.589. The number of rotatable bonds is 6. The number of benzene rings is 1. The van der Waals surface area contributed by atoms with E-state index in [2.05, 4.69) is 13.8 Å². The molecule has 0 bridgehead atoms. The molecule has 1 aromatic carbocycles. The SMILES string of the molecule is CCOC(=O)CCCc1c(C)c(C)c(C)c(C)c1C=O. The average Bonchev–Trinajstić information content (AvgIpc) is 2.42. The lowest BCUT2D eigenvalue weighted by molar-refractivity contribution is -0.143. The van der Waals surface area contributed by atoms with E-state index in [4.69, 9.17) is 4.74 Å². The lowest BCUT2D eigenvalue weighted by atomic mass is 9.87. The van der Waals surface area contributed by atoms with Crippen molar-refractivity contribution >= 4 is 12.3 Å². The van der Waals surface area contributed by atoms with Gasteiger partial charge in [-0.3, -0.25) is 9.59 Å². The Kier molecular flexibility index (Phi) is 5.93. The Hall–Kier alpha value is -1.64. The van der Waals surface area contributed by atoms with Gasteiger partial charge in [-0.05, 0) is 75.3 Å². The molecule has 0 aliphatic rings. The van der Waals surface area contributed by atoms with Gasteiger partial charge in [-0.2, -0.15) is 0 Å². The van der Waals surface area contributed by atoms with Crippen molar-refractivity contribution in [2.45, 2.75) is 53.9 Å². The zero-order valence-corrected chi connectivity index (χ0v) is 13.1. The van der Waals surface area contributed by atoms with Crippen molar-refractivity contribution in [2.24, 2.45) is 0 Å². The van der Waals surface area contributed by atoms with Crippen molar-refractivity contribution in [3.8, 4) is 0 Å². The summed E-state index contributed by atoms with van der Waals surface area (Å²) in [5.74, 6) is -0.168. The van der Waals surface area contributed by atoms with Crippen LogP contribution >= 0.6 is 0 Å². The van der Waals surface area contributed by atoms with Crippen LogP contribution in [0.4, 0.5) is 0 Å². The lowest BCUT2D eigenvalue weighted by Crippen LogP contribution is -2.08. The van der Waals surface area contributed by atoms with Crippen LogP contribution in [0, 0.1) is 27.7 Å². The minimum absolute atomic E-state index is 0.168. The van der Waals surface area contributed by atoms with Gasteiger partial charge in [0.1, 0.15) is 0 Å². The molecule has 20 heavy (non-hydrogen) atoms. The number of ether oxygens (including phenoxy) is 1. The van der Waals surface area contributed by atoms with Crippen molar-refractivity contribution in [3.05, 3.63) is 33.4 Å². The number of aldehydes is 1. The van der Waals surface area contributed by atoms with Crippen LogP contribution in [-0.4, -0.2) is 18.9 Å². The van der Waals surface area contributed by atoms with E-state index < -0.39 is 0 Å². The third-order valence-corrected chi connectivity index (χ3v) is 4.10. The van der Waals surface area contributed by atoms with Crippen LogP contribution in [0.5, 0.6) is 0 Å². The zero-order valence-electron chi connectivity index (χ0n) is 13.1. The molecule has 0 fully saturated rings. The fraction of sp³-hybridized carbons (Fsp3) is 0.529. The van der Waals surface area contributed by atoms with E-state index in [1.165, 1.54) is 16.7 Å². The largest absolute Gasteiger partial charge is 0.466 e. The van der Waals surface area contributed by atoms with Gasteiger partial charge >= 0.3 is 5.97 Å². The van der Waals surface area contributed by atoms with Crippen molar-refractivity contribution < 1.29 is 14.3 Å². The first-order chi connectivity index (χ1) is 9.43. The van der Waals surface area contributed by atoms with Crippen LogP contribution < -0.4 is 0 Å². The molecule has 0 aromatic heterocycles. The summed E-state index contributed by atoms with van der Waals surface area (Å²) in [6.07, 6.45) is 2.79. The van der Waals surface area contributed by atoms with E-state index in [0.717, 1.165) is 29.4 Å². The smallest absolute Gasteiger partial charge is 0.305 e. The highest BCUT2D eigenvalue weighted by Crippen LogP contribution is 2.26. The summed E-state index contributed by atoms with van der Waals surface area (Å²) in [4.78, 5) is 22.7. The minimum atomic E-state index is -0.168. The maximum absolute atomic E-state index is 11.4. The normalized spacial score (nSPS) is 10.4. The van der Waals surface area contributed by atoms with Gasteiger partial charge in [-0.15, -0.1) is 0 Å². The second-order valence-corrected chi connectivity index (χ2v) is 5.17. The summed E-state index contributed by atoms with van der Waals surface area (Å²) >= 11 is 0. The van der Waals surface area contributed by atoms with Gasteiger partial charge in [0, 0.05) is 12.0 Å². The summed E-state index contributed by atoms with van der Waals surface area (Å²) < 4.78 is 4.92. The van der Waals surface area contributed by atoms with Crippen molar-refractivity contribution in [1.82, 2.24) is 0 Å². The molecular formula is C17H24O3. The molecule has 0 aliphatic carbocycles. The molecule has 110 valence electrons. The maximum Gasteiger partial charge on any atom is 0.305 e. The van der Waals surface area contributed by atoms with Gasteiger partial charge in [0.05, 0.1) is 6.61 Å². The van der Waals surface area contributed by atoms with E-state index in [-0.39, 0.29) is 5.97 Å². The Bertz CT molecular complexity index is 516. The molecule has 3 nitrogen and oxygen atoms in total. The van der Waals surface area contributed by atoms with Crippen LogP contribution in [0.2, 0.25) is 0 Å². The molecule has 0 aliphatic heterocycles. The van der Waals surface area contributed by atoms with E-state index in [0.29, 0.717) is 19.4 Å². The predicted molar refractivity (Wildman–Crippen MR) is 80.3 cm³/mol. The molecule has 0 atom stereocenters. The fourth-order valence-corrected chi connectivity index (χ4v) is 2.54. The second kappa shape index (κ2) is 7.22. The topological polar surface area (TPSA) is 43.4 Å². The van der Waals surface area contributed by atoms with Gasteiger partial charge in [0.2, 0.25) is 0 Å². The molecule has 0 amide bonds. The van der Waals surface area contributed by atoms with Gasteiger partial charge in [-0.1, -0.05) is 0 Å². The molecule has 0 radical (unpaired) electrons. The van der Waals surface area contributed by atoms with Gasteiger partial charge in [-0.25, -0.2) is 0 Å². The Labute approximate surface area is 121 Å². The Morgan fingerprint density at radius 2 is 1.65 bits per heavy atom. The molecule has 0 N–H and O–H groups in total. The average molecular weight is 276 g/mol. The first-order valence-corrected chi connectivity index (χ1v) is 7.14. The van der Waals surface area contributed by atoms with E-state index in [1.54, 1.807) is 6.92 Å². The van der Waals surface area contributed by atoms with E-state index in [9.17, 15) is 9.59 Å². The van der Waals surface area contributed by atoms with Crippen LogP contribution in [0.25, 0.3) is 0 Å². The molecule has 0 unspecified atom stereocenters. The van der Waals surface area contributed by atoms with Gasteiger partial charge in [0.15, 0.2) is 6.29 Å². The van der Waals surface area contributed by atoms with Crippen molar-refractivity contribution in [1.29, 1.82) is 0 Å². The Balaban J connectivity index is 2.95. The fourth-order valence-electron chi connectivity index (χ4n) is 2.54. The van der Waals surface area contributed by atoms with Crippen LogP contribution in [0.3, 0.4) is 0 Å². The third kappa shape index (κ3) is 3.47. The third-order valence-electron chi connectivity index (χ3n) is 4.10. The number of carbonyl (C=O) groups excluding carboxylic acids is 2. The second-order valence-electron chi connectivity index (χ2n) is 5.17. The summed E-state index contributed by atoms with van der Waals surface area (Å²) in [5.41, 5.74) is 6.49. The number of hydrogen-bond donors (Lipinski definition) is 0.